The fourth-order valence-corrected chi connectivity index (χ4v) is 3.77. The molecule has 0 saturated carbocycles. The molecular weight excluding hydrogens is 355 g/mol. The van der Waals surface area contributed by atoms with Crippen molar-refractivity contribution in [2.24, 2.45) is 5.84 Å². The van der Waals surface area contributed by atoms with Crippen molar-refractivity contribution in [1.29, 1.82) is 0 Å². The summed E-state index contributed by atoms with van der Waals surface area (Å²) in [5.74, 6) is 5.62. The van der Waals surface area contributed by atoms with Crippen LogP contribution in [0.1, 0.15) is 16.5 Å². The molecular formula is C12H11BrCl2N2S. The molecule has 0 radical (unpaired) electrons. The van der Waals surface area contributed by atoms with Crippen LogP contribution in [0.15, 0.2) is 34.1 Å². The Hall–Kier alpha value is -0.100. The Balaban J connectivity index is 2.22. The van der Waals surface area contributed by atoms with E-state index in [1.54, 1.807) is 17.4 Å². The van der Waals surface area contributed by atoms with Gasteiger partial charge in [0.1, 0.15) is 0 Å². The SMILES string of the molecule is NNC(Cc1ccc(Br)s1)c1ccc(Cl)cc1Cl. The maximum atomic E-state index is 6.19. The molecule has 1 aromatic heterocycles. The Bertz CT molecular complexity index is 545. The molecule has 0 aliphatic rings. The van der Waals surface area contributed by atoms with Crippen LogP contribution in [0.25, 0.3) is 0 Å². The van der Waals surface area contributed by atoms with Gasteiger partial charge in [0.15, 0.2) is 0 Å². The highest BCUT2D eigenvalue weighted by Crippen LogP contribution is 2.30. The van der Waals surface area contributed by atoms with E-state index in [0.717, 1.165) is 15.8 Å². The number of nitrogens with two attached hydrogens (primary N) is 1. The van der Waals surface area contributed by atoms with Crippen molar-refractivity contribution in [3.8, 4) is 0 Å². The fourth-order valence-electron chi connectivity index (χ4n) is 1.71. The third kappa shape index (κ3) is 3.47. The normalized spacial score (nSPS) is 12.7. The molecule has 2 aromatic rings. The van der Waals surface area contributed by atoms with Crippen LogP contribution >= 0.6 is 50.5 Å². The number of nitrogens with one attached hydrogen (secondary N) is 1. The lowest BCUT2D eigenvalue weighted by Crippen LogP contribution is -2.29. The first-order valence-electron chi connectivity index (χ1n) is 5.25. The van der Waals surface area contributed by atoms with Crippen LogP contribution in [0.4, 0.5) is 0 Å². The summed E-state index contributed by atoms with van der Waals surface area (Å²) in [5.41, 5.74) is 3.75. The zero-order valence-corrected chi connectivity index (χ0v) is 13.2. The molecule has 6 heteroatoms. The van der Waals surface area contributed by atoms with E-state index in [4.69, 9.17) is 29.0 Å². The van der Waals surface area contributed by atoms with Crippen LogP contribution in [0, 0.1) is 0 Å². The predicted octanol–water partition coefficient (Wildman–Crippen LogP) is 4.56. The highest BCUT2D eigenvalue weighted by atomic mass is 79.9. The largest absolute Gasteiger partial charge is 0.271 e. The first-order chi connectivity index (χ1) is 8.60. The lowest BCUT2D eigenvalue weighted by atomic mass is 10.0. The van der Waals surface area contributed by atoms with Crippen LogP contribution in [0.2, 0.25) is 10.0 Å². The first-order valence-corrected chi connectivity index (χ1v) is 7.62. The number of hydrogen-bond donors (Lipinski definition) is 2. The van der Waals surface area contributed by atoms with E-state index in [-0.39, 0.29) is 6.04 Å². The van der Waals surface area contributed by atoms with Gasteiger partial charge in [-0.15, -0.1) is 11.3 Å². The zero-order valence-electron chi connectivity index (χ0n) is 9.29. The van der Waals surface area contributed by atoms with Crippen molar-refractivity contribution < 1.29 is 0 Å². The second-order valence-electron chi connectivity index (χ2n) is 3.80. The molecule has 18 heavy (non-hydrogen) atoms. The summed E-state index contributed by atoms with van der Waals surface area (Å²) >= 11 is 17.2. The zero-order chi connectivity index (χ0) is 13.1. The van der Waals surface area contributed by atoms with Crippen LogP contribution in [0.5, 0.6) is 0 Å². The van der Waals surface area contributed by atoms with E-state index in [0.29, 0.717) is 10.0 Å². The second-order valence-corrected chi connectivity index (χ2v) is 7.19. The van der Waals surface area contributed by atoms with E-state index in [1.165, 1.54) is 4.88 Å². The molecule has 2 rings (SSSR count). The second kappa shape index (κ2) is 6.37. The van der Waals surface area contributed by atoms with Gasteiger partial charge in [0.2, 0.25) is 0 Å². The Morgan fingerprint density at radius 2 is 2.06 bits per heavy atom. The molecule has 1 atom stereocenters. The molecule has 1 aromatic carbocycles. The summed E-state index contributed by atoms with van der Waals surface area (Å²) in [4.78, 5) is 1.23. The predicted molar refractivity (Wildman–Crippen MR) is 82.2 cm³/mol. The van der Waals surface area contributed by atoms with Gasteiger partial charge in [-0.25, -0.2) is 0 Å². The van der Waals surface area contributed by atoms with Gasteiger partial charge in [0.05, 0.1) is 9.83 Å². The van der Waals surface area contributed by atoms with E-state index < -0.39 is 0 Å². The minimum atomic E-state index is -0.0275. The number of halogens is 3. The van der Waals surface area contributed by atoms with E-state index in [2.05, 4.69) is 27.4 Å². The van der Waals surface area contributed by atoms with Crippen LogP contribution in [-0.2, 0) is 6.42 Å². The lowest BCUT2D eigenvalue weighted by molar-refractivity contribution is 0.556. The summed E-state index contributed by atoms with van der Waals surface area (Å²) in [6.45, 7) is 0. The molecule has 96 valence electrons. The molecule has 0 aliphatic heterocycles. The lowest BCUT2D eigenvalue weighted by Gasteiger charge is -2.17. The summed E-state index contributed by atoms with van der Waals surface area (Å²) in [6, 6.07) is 9.52. The highest BCUT2D eigenvalue weighted by Gasteiger charge is 2.15. The molecule has 0 bridgehead atoms. The number of rotatable bonds is 4. The Morgan fingerprint density at radius 3 is 2.61 bits per heavy atom. The third-order valence-corrected chi connectivity index (χ3v) is 4.78. The number of hydrogen-bond acceptors (Lipinski definition) is 3. The third-order valence-electron chi connectivity index (χ3n) is 2.57. The van der Waals surface area contributed by atoms with E-state index >= 15 is 0 Å². The minimum absolute atomic E-state index is 0.0275. The average Bonchev–Trinajstić information content (AvgIpc) is 2.72. The Labute approximate surface area is 128 Å². The molecule has 3 N–H and O–H groups in total. The maximum Gasteiger partial charge on any atom is 0.0701 e. The van der Waals surface area contributed by atoms with Crippen molar-refractivity contribution in [1.82, 2.24) is 5.43 Å². The van der Waals surface area contributed by atoms with Crippen LogP contribution in [-0.4, -0.2) is 0 Å². The van der Waals surface area contributed by atoms with Crippen molar-refractivity contribution in [2.75, 3.05) is 0 Å². The summed E-state index contributed by atoms with van der Waals surface area (Å²) < 4.78 is 1.11. The van der Waals surface area contributed by atoms with Crippen molar-refractivity contribution >= 4 is 50.5 Å². The standard InChI is InChI=1S/C12H11BrCl2N2S/c13-12-4-2-8(18-12)6-11(17-16)9-3-1-7(14)5-10(9)15/h1-5,11,17H,6,16H2. The van der Waals surface area contributed by atoms with Crippen LogP contribution in [0.3, 0.4) is 0 Å². The van der Waals surface area contributed by atoms with Gasteiger partial charge in [-0.2, -0.15) is 0 Å². The molecule has 0 amide bonds. The first kappa shape index (κ1) is 14.3. The number of benzene rings is 1. The number of thiophene rings is 1. The maximum absolute atomic E-state index is 6.19. The molecule has 0 aliphatic carbocycles. The average molecular weight is 366 g/mol. The van der Waals surface area contributed by atoms with Crippen LogP contribution < -0.4 is 11.3 Å². The van der Waals surface area contributed by atoms with Gasteiger partial charge in [-0.05, 0) is 45.8 Å². The van der Waals surface area contributed by atoms with Gasteiger partial charge in [0, 0.05) is 21.3 Å². The number of hydrazine groups is 1. The topological polar surface area (TPSA) is 38.0 Å². The van der Waals surface area contributed by atoms with Crippen molar-refractivity contribution in [2.45, 2.75) is 12.5 Å². The summed E-state index contributed by atoms with van der Waals surface area (Å²) in [5, 5.41) is 1.25. The van der Waals surface area contributed by atoms with Gasteiger partial charge in [-0.3, -0.25) is 11.3 Å². The monoisotopic (exact) mass is 364 g/mol. The fraction of sp³-hybridized carbons (Fsp3) is 0.167. The molecule has 2 nitrogen and oxygen atoms in total. The van der Waals surface area contributed by atoms with Crippen molar-refractivity contribution in [3.05, 3.63) is 54.6 Å². The van der Waals surface area contributed by atoms with Gasteiger partial charge in [-0.1, -0.05) is 29.3 Å². The summed E-state index contributed by atoms with van der Waals surface area (Å²) in [6.07, 6.45) is 0.786. The molecule has 1 unspecified atom stereocenters. The summed E-state index contributed by atoms with van der Waals surface area (Å²) in [7, 11) is 0. The van der Waals surface area contributed by atoms with Crippen molar-refractivity contribution in [3.63, 3.8) is 0 Å². The quantitative estimate of drug-likeness (QED) is 0.615. The molecule has 0 spiro atoms. The smallest absolute Gasteiger partial charge is 0.0701 e. The Morgan fingerprint density at radius 1 is 1.28 bits per heavy atom. The van der Waals surface area contributed by atoms with Gasteiger partial charge in [0.25, 0.3) is 0 Å². The van der Waals surface area contributed by atoms with E-state index in [1.807, 2.05) is 18.2 Å². The van der Waals surface area contributed by atoms with Gasteiger partial charge < -0.3 is 0 Å². The minimum Gasteiger partial charge on any atom is -0.271 e. The highest BCUT2D eigenvalue weighted by molar-refractivity contribution is 9.11. The molecule has 1 heterocycles. The van der Waals surface area contributed by atoms with Gasteiger partial charge >= 0.3 is 0 Å². The molecule has 0 saturated heterocycles. The Kier molecular flexibility index (Phi) is 5.06. The molecule has 0 fully saturated rings. The van der Waals surface area contributed by atoms with E-state index in [9.17, 15) is 0 Å².